The molecule has 14 heavy (non-hydrogen) atoms. The van der Waals surface area contributed by atoms with Crippen molar-refractivity contribution in [2.24, 2.45) is 0 Å². The van der Waals surface area contributed by atoms with Crippen LogP contribution < -0.4 is 0 Å². The van der Waals surface area contributed by atoms with Crippen LogP contribution in [0, 0.1) is 0 Å². The smallest absolute Gasteiger partial charge is 0.0201 e. The van der Waals surface area contributed by atoms with Crippen molar-refractivity contribution < 1.29 is 0 Å². The lowest BCUT2D eigenvalue weighted by molar-refractivity contribution is 0.286. The summed E-state index contributed by atoms with van der Waals surface area (Å²) < 4.78 is 0. The van der Waals surface area contributed by atoms with Crippen LogP contribution >= 0.6 is 11.6 Å². The van der Waals surface area contributed by atoms with E-state index in [0.29, 0.717) is 0 Å². The van der Waals surface area contributed by atoms with Gasteiger partial charge in [0.15, 0.2) is 0 Å². The molecular formula is C12H24ClN. The van der Waals surface area contributed by atoms with Crippen LogP contribution in [0.1, 0.15) is 46.5 Å². The van der Waals surface area contributed by atoms with Gasteiger partial charge < -0.3 is 0 Å². The molecular weight excluding hydrogens is 194 g/mol. The summed E-state index contributed by atoms with van der Waals surface area (Å²) in [5, 5.41) is 0. The fraction of sp³-hybridized carbons (Fsp3) is 0.833. The van der Waals surface area contributed by atoms with Crippen molar-refractivity contribution in [2.75, 3.05) is 19.6 Å². The predicted molar refractivity (Wildman–Crippen MR) is 65.9 cm³/mol. The van der Waals surface area contributed by atoms with Gasteiger partial charge in [-0.15, -0.1) is 0 Å². The molecule has 0 N–H and O–H groups in total. The fourth-order valence-corrected chi connectivity index (χ4v) is 1.49. The molecule has 0 aliphatic carbocycles. The molecule has 1 nitrogen and oxygen atoms in total. The van der Waals surface area contributed by atoms with Gasteiger partial charge in [-0.25, -0.2) is 0 Å². The first kappa shape index (κ1) is 14.0. The van der Waals surface area contributed by atoms with Gasteiger partial charge in [-0.3, -0.25) is 4.90 Å². The highest BCUT2D eigenvalue weighted by atomic mass is 35.5. The Balaban J connectivity index is 3.83. The molecule has 0 saturated heterocycles. The van der Waals surface area contributed by atoms with Crippen LogP contribution in [0.3, 0.4) is 0 Å². The molecule has 0 aromatic heterocycles. The number of rotatable bonds is 8. The highest BCUT2D eigenvalue weighted by Crippen LogP contribution is 2.04. The quantitative estimate of drug-likeness (QED) is 0.594. The molecule has 0 aromatic rings. The Morgan fingerprint density at radius 1 is 1.14 bits per heavy atom. The topological polar surface area (TPSA) is 3.24 Å². The minimum absolute atomic E-state index is 1.03. The van der Waals surface area contributed by atoms with Crippen LogP contribution in [0.15, 0.2) is 11.1 Å². The first-order valence-electron chi connectivity index (χ1n) is 5.72. The van der Waals surface area contributed by atoms with Crippen molar-refractivity contribution in [3.63, 3.8) is 0 Å². The molecule has 0 spiro atoms. The van der Waals surface area contributed by atoms with E-state index in [0.717, 1.165) is 6.54 Å². The Morgan fingerprint density at radius 3 is 2.00 bits per heavy atom. The third-order valence-electron chi connectivity index (χ3n) is 2.32. The summed E-state index contributed by atoms with van der Waals surface area (Å²) in [6, 6.07) is 0. The lowest BCUT2D eigenvalue weighted by Crippen LogP contribution is -2.27. The van der Waals surface area contributed by atoms with E-state index in [9.17, 15) is 0 Å². The number of hydrogen-bond acceptors (Lipinski definition) is 1. The highest BCUT2D eigenvalue weighted by molar-refractivity contribution is 6.25. The molecule has 0 fully saturated rings. The summed E-state index contributed by atoms with van der Waals surface area (Å²) >= 11 is 5.68. The molecule has 0 aliphatic heterocycles. The Hall–Kier alpha value is -0.0100. The summed E-state index contributed by atoms with van der Waals surface area (Å²) in [6.07, 6.45) is 5.12. The van der Waals surface area contributed by atoms with Crippen LogP contribution in [-0.2, 0) is 0 Å². The van der Waals surface area contributed by atoms with E-state index in [2.05, 4.69) is 25.7 Å². The zero-order valence-corrected chi connectivity index (χ0v) is 10.6. The number of halogens is 1. The maximum absolute atomic E-state index is 5.68. The van der Waals surface area contributed by atoms with Crippen LogP contribution in [-0.4, -0.2) is 24.5 Å². The van der Waals surface area contributed by atoms with Gasteiger partial charge in [0.2, 0.25) is 0 Å². The molecule has 0 unspecified atom stereocenters. The standard InChI is InChI=1S/C12H24ClN/c1-4-6-8-14(9-7-5-2)11-12(3)10-13/h10H,4-9,11H2,1-3H3/b12-10-. The molecule has 0 radical (unpaired) electrons. The van der Waals surface area contributed by atoms with E-state index in [1.54, 1.807) is 5.54 Å². The molecule has 2 heteroatoms. The normalized spacial score (nSPS) is 12.5. The van der Waals surface area contributed by atoms with Gasteiger partial charge in [-0.1, -0.05) is 38.3 Å². The van der Waals surface area contributed by atoms with Crippen molar-refractivity contribution in [3.8, 4) is 0 Å². The lowest BCUT2D eigenvalue weighted by atomic mass is 10.2. The molecule has 0 heterocycles. The van der Waals surface area contributed by atoms with E-state index in [-0.39, 0.29) is 0 Å². The third-order valence-corrected chi connectivity index (χ3v) is 2.69. The van der Waals surface area contributed by atoms with E-state index in [4.69, 9.17) is 11.6 Å². The number of unbranched alkanes of at least 4 members (excludes halogenated alkanes) is 2. The molecule has 0 bridgehead atoms. The zero-order valence-electron chi connectivity index (χ0n) is 9.85. The number of nitrogens with zero attached hydrogens (tertiary/aromatic N) is 1. The van der Waals surface area contributed by atoms with Gasteiger partial charge in [-0.2, -0.15) is 0 Å². The van der Waals surface area contributed by atoms with Gasteiger partial charge in [0.25, 0.3) is 0 Å². The summed E-state index contributed by atoms with van der Waals surface area (Å²) in [5.41, 5.74) is 2.96. The monoisotopic (exact) mass is 217 g/mol. The Bertz CT molecular complexity index is 146. The summed E-state index contributed by atoms with van der Waals surface area (Å²) in [6.45, 7) is 10.0. The molecule has 0 saturated carbocycles. The lowest BCUT2D eigenvalue weighted by Gasteiger charge is -2.21. The zero-order chi connectivity index (χ0) is 10.8. The summed E-state index contributed by atoms with van der Waals surface area (Å²) in [7, 11) is 0. The molecule has 84 valence electrons. The van der Waals surface area contributed by atoms with Crippen molar-refractivity contribution >= 4 is 11.6 Å². The summed E-state index contributed by atoms with van der Waals surface area (Å²) in [4.78, 5) is 2.50. The minimum atomic E-state index is 1.03. The van der Waals surface area contributed by atoms with Crippen molar-refractivity contribution in [1.82, 2.24) is 4.90 Å². The van der Waals surface area contributed by atoms with E-state index in [1.165, 1.54) is 44.3 Å². The molecule has 0 amide bonds. The average Bonchev–Trinajstić information content (AvgIpc) is 2.21. The maximum Gasteiger partial charge on any atom is 0.0201 e. The average molecular weight is 218 g/mol. The van der Waals surface area contributed by atoms with Gasteiger partial charge in [0, 0.05) is 12.1 Å². The van der Waals surface area contributed by atoms with E-state index in [1.807, 2.05) is 0 Å². The highest BCUT2D eigenvalue weighted by Gasteiger charge is 2.03. The third kappa shape index (κ3) is 7.40. The second-order valence-electron chi connectivity index (χ2n) is 3.94. The van der Waals surface area contributed by atoms with Gasteiger partial charge in [-0.05, 0) is 38.4 Å². The first-order chi connectivity index (χ1) is 6.74. The Morgan fingerprint density at radius 2 is 1.64 bits per heavy atom. The molecule has 0 atom stereocenters. The van der Waals surface area contributed by atoms with Crippen molar-refractivity contribution in [1.29, 1.82) is 0 Å². The van der Waals surface area contributed by atoms with Crippen LogP contribution in [0.4, 0.5) is 0 Å². The molecule has 0 aromatic carbocycles. The molecule has 0 rings (SSSR count). The first-order valence-corrected chi connectivity index (χ1v) is 6.16. The van der Waals surface area contributed by atoms with Gasteiger partial charge >= 0.3 is 0 Å². The van der Waals surface area contributed by atoms with E-state index < -0.39 is 0 Å². The van der Waals surface area contributed by atoms with Crippen LogP contribution in [0.5, 0.6) is 0 Å². The predicted octanol–water partition coefficient (Wildman–Crippen LogP) is 4.03. The van der Waals surface area contributed by atoms with E-state index >= 15 is 0 Å². The van der Waals surface area contributed by atoms with Crippen molar-refractivity contribution in [3.05, 3.63) is 11.1 Å². The fourth-order valence-electron chi connectivity index (χ4n) is 1.42. The summed E-state index contributed by atoms with van der Waals surface area (Å²) in [5.74, 6) is 0. The van der Waals surface area contributed by atoms with Crippen LogP contribution in [0.25, 0.3) is 0 Å². The van der Waals surface area contributed by atoms with Gasteiger partial charge in [0.1, 0.15) is 0 Å². The Labute approximate surface area is 94.1 Å². The van der Waals surface area contributed by atoms with Crippen LogP contribution in [0.2, 0.25) is 0 Å². The number of hydrogen-bond donors (Lipinski definition) is 0. The second-order valence-corrected chi connectivity index (χ2v) is 4.16. The second kappa shape index (κ2) is 9.54. The molecule has 0 aliphatic rings. The Kier molecular flexibility index (Phi) is 9.53. The maximum atomic E-state index is 5.68. The largest absolute Gasteiger partial charge is 0.299 e. The minimum Gasteiger partial charge on any atom is -0.299 e. The van der Waals surface area contributed by atoms with Crippen molar-refractivity contribution in [2.45, 2.75) is 46.5 Å². The van der Waals surface area contributed by atoms with Gasteiger partial charge in [0.05, 0.1) is 0 Å². The SMILES string of the molecule is CCCCN(CCCC)C/C(C)=C\Cl.